The number of amides is 2. The van der Waals surface area contributed by atoms with Gasteiger partial charge in [0.25, 0.3) is 0 Å². The topological polar surface area (TPSA) is 44.8 Å². The minimum atomic E-state index is 0.0153. The van der Waals surface area contributed by atoms with Crippen molar-refractivity contribution >= 4 is 11.7 Å². The molecule has 1 aliphatic heterocycles. The highest BCUT2D eigenvalue weighted by Gasteiger charge is 2.32. The number of anilines is 1. The molecule has 2 amide bonds. The van der Waals surface area contributed by atoms with Gasteiger partial charge in [-0.25, -0.2) is 4.79 Å². The minimum Gasteiger partial charge on any atom is -0.378 e. The molecule has 1 aromatic rings. The Hall–Kier alpha value is -1.75. The van der Waals surface area contributed by atoms with E-state index in [0.717, 1.165) is 57.7 Å². The third kappa shape index (κ3) is 5.13. The van der Waals surface area contributed by atoms with Gasteiger partial charge in [-0.3, -0.25) is 0 Å². The fourth-order valence-corrected chi connectivity index (χ4v) is 3.38. The van der Waals surface area contributed by atoms with Crippen molar-refractivity contribution in [3.8, 4) is 0 Å². The number of ether oxygens (including phenoxy) is 1. The molecule has 5 nitrogen and oxygen atoms in total. The molecule has 1 atom stereocenters. The van der Waals surface area contributed by atoms with Crippen LogP contribution in [0.15, 0.2) is 24.3 Å². The first-order chi connectivity index (χ1) is 12.5. The van der Waals surface area contributed by atoms with E-state index in [1.165, 1.54) is 5.69 Å². The first kappa shape index (κ1) is 19.0. The van der Waals surface area contributed by atoms with E-state index in [1.54, 1.807) is 0 Å². The van der Waals surface area contributed by atoms with Gasteiger partial charge < -0.3 is 19.9 Å². The van der Waals surface area contributed by atoms with Gasteiger partial charge in [0, 0.05) is 31.4 Å². The van der Waals surface area contributed by atoms with Crippen LogP contribution in [0.5, 0.6) is 0 Å². The van der Waals surface area contributed by atoms with Crippen LogP contribution in [0, 0.1) is 5.92 Å². The van der Waals surface area contributed by atoms with Crippen LogP contribution in [0.4, 0.5) is 10.5 Å². The van der Waals surface area contributed by atoms with Crippen molar-refractivity contribution in [2.75, 3.05) is 37.7 Å². The maximum Gasteiger partial charge on any atom is 0.318 e. The van der Waals surface area contributed by atoms with Gasteiger partial charge in [-0.05, 0) is 49.8 Å². The molecular formula is C21H33N3O2. The van der Waals surface area contributed by atoms with E-state index in [2.05, 4.69) is 55.3 Å². The van der Waals surface area contributed by atoms with Crippen molar-refractivity contribution in [1.82, 2.24) is 10.2 Å². The van der Waals surface area contributed by atoms with Gasteiger partial charge in [0.15, 0.2) is 0 Å². The highest BCUT2D eigenvalue weighted by molar-refractivity contribution is 5.75. The first-order valence-corrected chi connectivity index (χ1v) is 10.0. The van der Waals surface area contributed by atoms with Crippen LogP contribution < -0.4 is 10.2 Å². The Morgan fingerprint density at radius 3 is 2.42 bits per heavy atom. The normalized spacial score (nSPS) is 18.7. The van der Waals surface area contributed by atoms with Crippen LogP contribution in [-0.4, -0.2) is 49.8 Å². The molecule has 0 spiro atoms. The summed E-state index contributed by atoms with van der Waals surface area (Å²) in [5, 5.41) is 3.19. The largest absolute Gasteiger partial charge is 0.378 e. The van der Waals surface area contributed by atoms with Crippen molar-refractivity contribution in [3.63, 3.8) is 0 Å². The van der Waals surface area contributed by atoms with Gasteiger partial charge in [-0.15, -0.1) is 0 Å². The molecule has 3 rings (SSSR count). The van der Waals surface area contributed by atoms with Gasteiger partial charge in [0.1, 0.15) is 0 Å². The quantitative estimate of drug-likeness (QED) is 0.805. The highest BCUT2D eigenvalue weighted by atomic mass is 16.5. The molecule has 1 saturated heterocycles. The number of nitrogens with one attached hydrogen (secondary N) is 1. The average molecular weight is 360 g/mol. The van der Waals surface area contributed by atoms with Gasteiger partial charge in [0.2, 0.25) is 0 Å². The number of hydrogen-bond acceptors (Lipinski definition) is 3. The van der Waals surface area contributed by atoms with E-state index >= 15 is 0 Å². The van der Waals surface area contributed by atoms with Crippen LogP contribution >= 0.6 is 0 Å². The second-order valence-electron chi connectivity index (χ2n) is 7.97. The Labute approximate surface area is 157 Å². The fraction of sp³-hybridized carbons (Fsp3) is 0.667. The van der Waals surface area contributed by atoms with E-state index in [0.29, 0.717) is 12.0 Å². The van der Waals surface area contributed by atoms with Crippen molar-refractivity contribution < 1.29 is 9.53 Å². The minimum absolute atomic E-state index is 0.0153. The summed E-state index contributed by atoms with van der Waals surface area (Å²) >= 11 is 0. The molecule has 5 heteroatoms. The second kappa shape index (κ2) is 8.76. The number of morpholine rings is 1. The van der Waals surface area contributed by atoms with Crippen molar-refractivity contribution in [2.24, 2.45) is 5.92 Å². The predicted octanol–water partition coefficient (Wildman–Crippen LogP) is 3.80. The van der Waals surface area contributed by atoms with Crippen LogP contribution in [-0.2, 0) is 4.74 Å². The van der Waals surface area contributed by atoms with Crippen molar-refractivity contribution in [3.05, 3.63) is 29.8 Å². The van der Waals surface area contributed by atoms with Gasteiger partial charge >= 0.3 is 6.03 Å². The van der Waals surface area contributed by atoms with E-state index in [-0.39, 0.29) is 12.1 Å². The molecule has 26 heavy (non-hydrogen) atoms. The van der Waals surface area contributed by atoms with Crippen LogP contribution in [0.25, 0.3) is 0 Å². The lowest BCUT2D eigenvalue weighted by Gasteiger charge is -2.29. The average Bonchev–Trinajstić information content (AvgIpc) is 3.47. The Morgan fingerprint density at radius 1 is 1.19 bits per heavy atom. The maximum atomic E-state index is 12.7. The van der Waals surface area contributed by atoms with E-state index < -0.39 is 0 Å². The number of nitrogens with zero attached hydrogens (tertiary/aromatic N) is 2. The van der Waals surface area contributed by atoms with Gasteiger partial charge in [-0.1, -0.05) is 26.0 Å². The summed E-state index contributed by atoms with van der Waals surface area (Å²) < 4.78 is 5.41. The molecule has 144 valence electrons. The fourth-order valence-electron chi connectivity index (χ4n) is 3.38. The smallest absolute Gasteiger partial charge is 0.318 e. The second-order valence-corrected chi connectivity index (χ2v) is 7.97. The lowest BCUT2D eigenvalue weighted by atomic mass is 10.1. The van der Waals surface area contributed by atoms with Gasteiger partial charge in [0.05, 0.1) is 19.3 Å². The lowest BCUT2D eigenvalue weighted by molar-refractivity contribution is 0.122. The number of carbonyl (C=O) groups is 1. The molecule has 2 aliphatic rings. The highest BCUT2D eigenvalue weighted by Crippen LogP contribution is 2.28. The zero-order valence-corrected chi connectivity index (χ0v) is 16.4. The molecule has 1 N–H and O–H groups in total. The standard InChI is InChI=1S/C21H33N3O2/c1-16(2)10-11-24(20-8-9-20)21(25)22-17(3)18-4-6-19(7-5-18)23-12-14-26-15-13-23/h4-7,16-17,20H,8-15H2,1-3H3,(H,22,25). The van der Waals surface area contributed by atoms with Gasteiger partial charge in [-0.2, -0.15) is 0 Å². The summed E-state index contributed by atoms with van der Waals surface area (Å²) in [4.78, 5) is 17.1. The Morgan fingerprint density at radius 2 is 1.85 bits per heavy atom. The predicted molar refractivity (Wildman–Crippen MR) is 106 cm³/mol. The molecule has 1 aliphatic carbocycles. The number of rotatable bonds is 7. The van der Waals surface area contributed by atoms with E-state index in [1.807, 2.05) is 4.90 Å². The summed E-state index contributed by atoms with van der Waals surface area (Å²) in [6, 6.07) is 9.11. The van der Waals surface area contributed by atoms with Crippen LogP contribution in [0.2, 0.25) is 0 Å². The molecule has 1 heterocycles. The summed E-state index contributed by atoms with van der Waals surface area (Å²) in [5.74, 6) is 0.620. The SMILES string of the molecule is CC(C)CCN(C(=O)NC(C)c1ccc(N2CCOCC2)cc1)C1CC1. The Kier molecular flexibility index (Phi) is 6.41. The molecule has 1 unspecified atom stereocenters. The maximum absolute atomic E-state index is 12.7. The van der Waals surface area contributed by atoms with Crippen LogP contribution in [0.1, 0.15) is 51.6 Å². The van der Waals surface area contributed by atoms with Crippen molar-refractivity contribution in [2.45, 2.75) is 52.1 Å². The molecule has 0 bridgehead atoms. The van der Waals surface area contributed by atoms with Crippen LogP contribution in [0.3, 0.4) is 0 Å². The molecule has 1 saturated carbocycles. The summed E-state index contributed by atoms with van der Waals surface area (Å²) in [7, 11) is 0. The Balaban J connectivity index is 1.56. The number of carbonyl (C=O) groups excluding carboxylic acids is 1. The van der Waals surface area contributed by atoms with Crippen molar-refractivity contribution in [1.29, 1.82) is 0 Å². The lowest BCUT2D eigenvalue weighted by Crippen LogP contribution is -2.43. The first-order valence-electron chi connectivity index (χ1n) is 10.0. The monoisotopic (exact) mass is 359 g/mol. The molecule has 2 fully saturated rings. The molecule has 0 radical (unpaired) electrons. The van der Waals surface area contributed by atoms with E-state index in [4.69, 9.17) is 4.74 Å². The Bertz CT molecular complexity index is 577. The summed E-state index contributed by atoms with van der Waals surface area (Å²) in [6.07, 6.45) is 3.36. The molecule has 1 aromatic carbocycles. The number of hydrogen-bond donors (Lipinski definition) is 1. The third-order valence-electron chi connectivity index (χ3n) is 5.31. The summed E-state index contributed by atoms with van der Waals surface area (Å²) in [6.45, 7) is 10.8. The number of urea groups is 1. The number of benzene rings is 1. The third-order valence-corrected chi connectivity index (χ3v) is 5.31. The summed E-state index contributed by atoms with van der Waals surface area (Å²) in [5.41, 5.74) is 2.38. The molecule has 0 aromatic heterocycles. The molecular weight excluding hydrogens is 326 g/mol. The zero-order chi connectivity index (χ0) is 18.5. The van der Waals surface area contributed by atoms with E-state index in [9.17, 15) is 4.79 Å². The zero-order valence-electron chi connectivity index (χ0n) is 16.4.